The number of morpholine rings is 1. The second-order valence-electron chi connectivity index (χ2n) is 7.24. The highest BCUT2D eigenvalue weighted by molar-refractivity contribution is 8.18. The Kier molecular flexibility index (Phi) is 6.81. The molecule has 1 fully saturated rings. The average molecular weight is 489 g/mol. The summed E-state index contributed by atoms with van der Waals surface area (Å²) in [5, 5.41) is 9.54. The van der Waals surface area contributed by atoms with E-state index in [9.17, 15) is 18.0 Å². The van der Waals surface area contributed by atoms with E-state index in [-0.39, 0.29) is 23.0 Å². The number of benzene rings is 2. The zero-order chi connectivity index (χ0) is 24.3. The Labute approximate surface area is 197 Å². The van der Waals surface area contributed by atoms with Crippen LogP contribution in [-0.4, -0.2) is 49.4 Å². The molecule has 4 rings (SSSR count). The first kappa shape index (κ1) is 23.7. The lowest BCUT2D eigenvalue weighted by Crippen LogP contribution is -2.38. The molecule has 2 aliphatic rings. The fourth-order valence-electron chi connectivity index (χ4n) is 3.33. The molecule has 1 saturated heterocycles. The number of nitrogens with zero attached hydrogens (tertiary/aromatic N) is 3. The van der Waals surface area contributed by atoms with Crippen LogP contribution in [0.2, 0.25) is 0 Å². The monoisotopic (exact) mass is 489 g/mol. The van der Waals surface area contributed by atoms with Crippen molar-refractivity contribution in [2.45, 2.75) is 6.18 Å². The number of carbonyl (C=O) groups is 1. The van der Waals surface area contributed by atoms with Crippen molar-refractivity contribution in [2.24, 2.45) is 4.99 Å². The van der Waals surface area contributed by atoms with Crippen LogP contribution in [0, 0.1) is 11.3 Å². The van der Waals surface area contributed by atoms with Crippen molar-refractivity contribution in [1.29, 1.82) is 5.26 Å². The minimum atomic E-state index is -4.71. The molecule has 0 aromatic heterocycles. The number of amides is 1. The molecule has 0 saturated carbocycles. The molecule has 1 amide bonds. The van der Waals surface area contributed by atoms with E-state index in [4.69, 9.17) is 19.5 Å². The number of amidine groups is 1. The SMILES string of the molecule is COc1cc(C=C2SC(N3CCOCC3)=NC2=O)ccc1Oc1ccc(C#N)cc1C(F)(F)F. The molecule has 2 aromatic rings. The van der Waals surface area contributed by atoms with E-state index in [1.165, 1.54) is 31.0 Å². The molecule has 0 radical (unpaired) electrons. The number of carbonyl (C=O) groups excluding carboxylic acids is 1. The summed E-state index contributed by atoms with van der Waals surface area (Å²) in [4.78, 5) is 18.9. The van der Waals surface area contributed by atoms with Gasteiger partial charge in [0.2, 0.25) is 0 Å². The van der Waals surface area contributed by atoms with E-state index in [0.717, 1.165) is 12.1 Å². The minimum Gasteiger partial charge on any atom is -0.493 e. The number of hydrogen-bond donors (Lipinski definition) is 0. The summed E-state index contributed by atoms with van der Waals surface area (Å²) in [7, 11) is 1.36. The molecule has 2 aromatic carbocycles. The summed E-state index contributed by atoms with van der Waals surface area (Å²) < 4.78 is 56.5. The molecule has 0 bridgehead atoms. The second-order valence-corrected chi connectivity index (χ2v) is 8.25. The van der Waals surface area contributed by atoms with Gasteiger partial charge in [0.25, 0.3) is 5.91 Å². The van der Waals surface area contributed by atoms with Crippen LogP contribution in [-0.2, 0) is 15.7 Å². The van der Waals surface area contributed by atoms with Crippen LogP contribution in [0.15, 0.2) is 46.3 Å². The predicted octanol–water partition coefficient (Wildman–Crippen LogP) is 4.68. The molecule has 0 N–H and O–H groups in total. The molecule has 0 aliphatic carbocycles. The topological polar surface area (TPSA) is 84.2 Å². The number of aliphatic imine (C=N–C) groups is 1. The molecule has 2 aliphatic heterocycles. The number of methoxy groups -OCH3 is 1. The highest BCUT2D eigenvalue weighted by Gasteiger charge is 2.35. The zero-order valence-corrected chi connectivity index (χ0v) is 18.7. The zero-order valence-electron chi connectivity index (χ0n) is 17.9. The lowest BCUT2D eigenvalue weighted by molar-refractivity contribution is -0.138. The van der Waals surface area contributed by atoms with E-state index in [0.29, 0.717) is 41.9 Å². The average Bonchev–Trinajstić information content (AvgIpc) is 3.20. The summed E-state index contributed by atoms with van der Waals surface area (Å²) in [6.45, 7) is 2.45. The normalized spacial score (nSPS) is 17.5. The Morgan fingerprint density at radius 2 is 1.88 bits per heavy atom. The molecule has 0 unspecified atom stereocenters. The van der Waals surface area contributed by atoms with Gasteiger partial charge in [0, 0.05) is 13.1 Å². The third-order valence-corrected chi connectivity index (χ3v) is 6.05. The molecule has 0 spiro atoms. The van der Waals surface area contributed by atoms with Gasteiger partial charge >= 0.3 is 6.18 Å². The van der Waals surface area contributed by atoms with Gasteiger partial charge in [-0.1, -0.05) is 6.07 Å². The smallest absolute Gasteiger partial charge is 0.420 e. The van der Waals surface area contributed by atoms with Gasteiger partial charge in [-0.3, -0.25) is 4.79 Å². The van der Waals surface area contributed by atoms with Crippen LogP contribution in [0.4, 0.5) is 13.2 Å². The molecular formula is C23H18F3N3O4S. The van der Waals surface area contributed by atoms with Crippen LogP contribution >= 0.6 is 11.8 Å². The van der Waals surface area contributed by atoms with Crippen molar-refractivity contribution in [2.75, 3.05) is 33.4 Å². The summed E-state index contributed by atoms with van der Waals surface area (Å²) in [5.41, 5.74) is -0.610. The molecule has 34 heavy (non-hydrogen) atoms. The Hall–Kier alpha value is -3.49. The first-order valence-electron chi connectivity index (χ1n) is 10.1. The highest BCUT2D eigenvalue weighted by atomic mass is 32.2. The molecule has 11 heteroatoms. The third kappa shape index (κ3) is 5.18. The number of hydrogen-bond acceptors (Lipinski definition) is 7. The Balaban J connectivity index is 1.57. The first-order chi connectivity index (χ1) is 16.3. The minimum absolute atomic E-state index is 0.0514. The number of alkyl halides is 3. The van der Waals surface area contributed by atoms with E-state index >= 15 is 0 Å². The van der Waals surface area contributed by atoms with E-state index < -0.39 is 17.5 Å². The predicted molar refractivity (Wildman–Crippen MR) is 120 cm³/mol. The second kappa shape index (κ2) is 9.79. The standard InChI is InChI=1S/C23H18F3N3O4S/c1-31-19-11-14(12-20-21(30)28-22(34-20)29-6-8-32-9-7-29)2-5-18(19)33-17-4-3-15(13-27)10-16(17)23(24,25)26/h2-5,10-12H,6-9H2,1H3. The van der Waals surface area contributed by atoms with Crippen LogP contribution in [0.5, 0.6) is 17.2 Å². The molecule has 176 valence electrons. The van der Waals surface area contributed by atoms with Gasteiger partial charge in [-0.25, -0.2) is 0 Å². The van der Waals surface area contributed by atoms with Crippen molar-refractivity contribution in [1.82, 2.24) is 4.90 Å². The molecule has 0 atom stereocenters. The van der Waals surface area contributed by atoms with E-state index in [2.05, 4.69) is 4.99 Å². The third-order valence-electron chi connectivity index (χ3n) is 5.01. The van der Waals surface area contributed by atoms with E-state index in [1.54, 1.807) is 24.3 Å². The Morgan fingerprint density at radius 3 is 2.56 bits per heavy atom. The largest absolute Gasteiger partial charge is 0.493 e. The van der Waals surface area contributed by atoms with Crippen molar-refractivity contribution in [3.63, 3.8) is 0 Å². The molecular weight excluding hydrogens is 471 g/mol. The number of nitriles is 1. The van der Waals surface area contributed by atoms with Crippen molar-refractivity contribution >= 4 is 28.9 Å². The van der Waals surface area contributed by atoms with Crippen LogP contribution in [0.25, 0.3) is 6.08 Å². The van der Waals surface area contributed by atoms with Gasteiger partial charge in [-0.05, 0) is 53.7 Å². The summed E-state index contributed by atoms with van der Waals surface area (Å²) in [6.07, 6.45) is -3.07. The van der Waals surface area contributed by atoms with Crippen LogP contribution in [0.1, 0.15) is 16.7 Å². The lowest BCUT2D eigenvalue weighted by Gasteiger charge is -2.27. The van der Waals surface area contributed by atoms with Gasteiger partial charge < -0.3 is 19.1 Å². The summed E-state index contributed by atoms with van der Waals surface area (Å²) in [6, 6.07) is 9.36. The number of ether oxygens (including phenoxy) is 3. The maximum atomic E-state index is 13.5. The maximum Gasteiger partial charge on any atom is 0.420 e. The van der Waals surface area contributed by atoms with Crippen LogP contribution < -0.4 is 9.47 Å². The summed E-state index contributed by atoms with van der Waals surface area (Å²) >= 11 is 1.26. The van der Waals surface area contributed by atoms with E-state index in [1.807, 2.05) is 4.90 Å². The first-order valence-corrected chi connectivity index (χ1v) is 10.9. The Bertz CT molecular complexity index is 1210. The van der Waals surface area contributed by atoms with Gasteiger partial charge in [-0.2, -0.15) is 23.4 Å². The number of thioether (sulfide) groups is 1. The van der Waals surface area contributed by atoms with Crippen molar-refractivity contribution < 1.29 is 32.2 Å². The quantitative estimate of drug-likeness (QED) is 0.577. The fourth-order valence-corrected chi connectivity index (χ4v) is 4.29. The summed E-state index contributed by atoms with van der Waals surface area (Å²) in [5.74, 6) is -0.591. The highest BCUT2D eigenvalue weighted by Crippen LogP contribution is 2.41. The maximum absolute atomic E-state index is 13.5. The van der Waals surface area contributed by atoms with Gasteiger partial charge in [0.15, 0.2) is 16.7 Å². The van der Waals surface area contributed by atoms with Gasteiger partial charge in [-0.15, -0.1) is 0 Å². The van der Waals surface area contributed by atoms with Crippen LogP contribution in [0.3, 0.4) is 0 Å². The fraction of sp³-hybridized carbons (Fsp3) is 0.261. The van der Waals surface area contributed by atoms with Crippen molar-refractivity contribution in [3.05, 3.63) is 58.0 Å². The number of halogens is 3. The lowest BCUT2D eigenvalue weighted by atomic mass is 10.1. The Morgan fingerprint density at radius 1 is 1.15 bits per heavy atom. The van der Waals surface area contributed by atoms with Crippen molar-refractivity contribution in [3.8, 4) is 23.3 Å². The molecule has 2 heterocycles. The van der Waals surface area contributed by atoms with Gasteiger partial charge in [0.05, 0.1) is 42.4 Å². The van der Waals surface area contributed by atoms with Gasteiger partial charge in [0.1, 0.15) is 5.75 Å². The molecule has 7 nitrogen and oxygen atoms in total. The number of rotatable bonds is 4.